The van der Waals surface area contributed by atoms with E-state index in [1.807, 2.05) is 0 Å². The molecule has 0 saturated carbocycles. The van der Waals surface area contributed by atoms with Gasteiger partial charge in [0.1, 0.15) is 0 Å². The molecule has 0 atom stereocenters. The first kappa shape index (κ1) is 13.8. The molecule has 0 saturated heterocycles. The standard InChI is InChI=1S/C11H14O6/c1-2-8-3-5-9(6-4-8)7-17-11(15,16)10(12,13)14/h2-6,12-16H,1,7H2. The fourth-order valence-corrected chi connectivity index (χ4v) is 1.03. The Kier molecular flexibility index (Phi) is 3.99. The van der Waals surface area contributed by atoms with Crippen LogP contribution in [0.25, 0.3) is 6.08 Å². The number of rotatable bonds is 5. The maximum absolute atomic E-state index is 8.98. The molecule has 5 N–H and O–H groups in total. The first-order valence-corrected chi connectivity index (χ1v) is 4.73. The quantitative estimate of drug-likeness (QED) is 0.429. The van der Waals surface area contributed by atoms with Crippen molar-refractivity contribution in [2.75, 3.05) is 0 Å². The van der Waals surface area contributed by atoms with Crippen molar-refractivity contribution in [2.45, 2.75) is 18.6 Å². The Morgan fingerprint density at radius 2 is 1.59 bits per heavy atom. The zero-order valence-electron chi connectivity index (χ0n) is 8.95. The molecule has 0 aromatic heterocycles. The smallest absolute Gasteiger partial charge is 0.337 e. The minimum absolute atomic E-state index is 0.326. The lowest BCUT2D eigenvalue weighted by Gasteiger charge is -2.28. The normalized spacial score (nSPS) is 12.5. The van der Waals surface area contributed by atoms with Crippen molar-refractivity contribution in [1.82, 2.24) is 0 Å². The molecule has 0 bridgehead atoms. The highest BCUT2D eigenvalue weighted by atomic mass is 16.8. The zero-order valence-corrected chi connectivity index (χ0v) is 8.95. The lowest BCUT2D eigenvalue weighted by Crippen LogP contribution is -2.56. The average molecular weight is 242 g/mol. The maximum Gasteiger partial charge on any atom is 0.365 e. The Morgan fingerprint density at radius 3 is 2.00 bits per heavy atom. The summed E-state index contributed by atoms with van der Waals surface area (Å²) in [5, 5.41) is 43.7. The summed E-state index contributed by atoms with van der Waals surface area (Å²) >= 11 is 0. The van der Waals surface area contributed by atoms with Gasteiger partial charge < -0.3 is 30.3 Å². The molecule has 0 aliphatic heterocycles. The predicted octanol–water partition coefficient (Wildman–Crippen LogP) is -0.885. The molecule has 0 heterocycles. The van der Waals surface area contributed by atoms with Gasteiger partial charge in [0.25, 0.3) is 0 Å². The molecule has 17 heavy (non-hydrogen) atoms. The fraction of sp³-hybridized carbons (Fsp3) is 0.273. The van der Waals surface area contributed by atoms with Crippen LogP contribution < -0.4 is 0 Å². The van der Waals surface area contributed by atoms with Gasteiger partial charge in [0, 0.05) is 0 Å². The Hall–Kier alpha value is -1.28. The molecule has 0 radical (unpaired) electrons. The molecule has 1 aromatic rings. The topological polar surface area (TPSA) is 110 Å². The molecular formula is C11H14O6. The molecule has 6 nitrogen and oxygen atoms in total. The second kappa shape index (κ2) is 4.92. The summed E-state index contributed by atoms with van der Waals surface area (Å²) in [5.41, 5.74) is 1.42. The van der Waals surface area contributed by atoms with Gasteiger partial charge in [0.05, 0.1) is 6.61 Å². The van der Waals surface area contributed by atoms with Crippen LogP contribution in [0.2, 0.25) is 0 Å². The van der Waals surface area contributed by atoms with Crippen molar-refractivity contribution >= 4 is 6.08 Å². The van der Waals surface area contributed by atoms with E-state index in [0.717, 1.165) is 5.56 Å². The third-order valence-electron chi connectivity index (χ3n) is 2.09. The summed E-state index contributed by atoms with van der Waals surface area (Å²) in [4.78, 5) is 0. The van der Waals surface area contributed by atoms with Crippen LogP contribution in [-0.4, -0.2) is 37.5 Å². The van der Waals surface area contributed by atoms with Crippen molar-refractivity contribution in [2.24, 2.45) is 0 Å². The molecule has 0 aliphatic rings. The molecule has 0 fully saturated rings. The third kappa shape index (κ3) is 3.60. The van der Waals surface area contributed by atoms with E-state index in [1.165, 1.54) is 0 Å². The number of hydrogen-bond donors (Lipinski definition) is 5. The Balaban J connectivity index is 2.64. The summed E-state index contributed by atoms with van der Waals surface area (Å²) in [6.07, 6.45) is 1.63. The van der Waals surface area contributed by atoms with Crippen molar-refractivity contribution in [1.29, 1.82) is 0 Å². The van der Waals surface area contributed by atoms with Gasteiger partial charge in [-0.1, -0.05) is 36.9 Å². The SMILES string of the molecule is C=Cc1ccc(COC(O)(O)C(O)(O)O)cc1. The van der Waals surface area contributed by atoms with Crippen LogP contribution in [0.1, 0.15) is 11.1 Å². The first-order valence-electron chi connectivity index (χ1n) is 4.73. The molecule has 6 heteroatoms. The molecule has 0 aliphatic carbocycles. The Bertz CT molecular complexity index is 376. The van der Waals surface area contributed by atoms with E-state index in [1.54, 1.807) is 30.3 Å². The van der Waals surface area contributed by atoms with Crippen LogP contribution in [0.15, 0.2) is 30.8 Å². The zero-order chi connectivity index (χ0) is 13.1. The van der Waals surface area contributed by atoms with Crippen LogP contribution in [0, 0.1) is 0 Å². The summed E-state index contributed by atoms with van der Waals surface area (Å²) in [7, 11) is 0. The summed E-state index contributed by atoms with van der Waals surface area (Å²) in [6, 6.07) is 6.68. The highest BCUT2D eigenvalue weighted by molar-refractivity contribution is 5.47. The predicted molar refractivity (Wildman–Crippen MR) is 57.9 cm³/mol. The molecule has 0 spiro atoms. The fourth-order valence-electron chi connectivity index (χ4n) is 1.03. The van der Waals surface area contributed by atoms with Crippen molar-refractivity contribution in [3.05, 3.63) is 42.0 Å². The van der Waals surface area contributed by atoms with Gasteiger partial charge in [0.15, 0.2) is 0 Å². The lowest BCUT2D eigenvalue weighted by molar-refractivity contribution is -0.524. The van der Waals surface area contributed by atoms with E-state index in [2.05, 4.69) is 11.3 Å². The summed E-state index contributed by atoms with van der Waals surface area (Å²) in [6.45, 7) is 3.24. The van der Waals surface area contributed by atoms with Gasteiger partial charge in [-0.3, -0.25) is 0 Å². The van der Waals surface area contributed by atoms with Crippen LogP contribution in [0.4, 0.5) is 0 Å². The van der Waals surface area contributed by atoms with E-state index < -0.39 is 11.9 Å². The van der Waals surface area contributed by atoms with Crippen LogP contribution in [0.3, 0.4) is 0 Å². The van der Waals surface area contributed by atoms with Gasteiger partial charge in [-0.25, -0.2) is 0 Å². The highest BCUT2D eigenvalue weighted by Gasteiger charge is 2.48. The number of hydrogen-bond acceptors (Lipinski definition) is 6. The first-order chi connectivity index (χ1) is 7.76. The minimum Gasteiger partial charge on any atom is -0.337 e. The van der Waals surface area contributed by atoms with Crippen LogP contribution in [0.5, 0.6) is 0 Å². The van der Waals surface area contributed by atoms with Gasteiger partial charge in [0.2, 0.25) is 0 Å². The van der Waals surface area contributed by atoms with Crippen molar-refractivity contribution < 1.29 is 30.3 Å². The second-order valence-corrected chi connectivity index (χ2v) is 3.48. The number of ether oxygens (including phenoxy) is 1. The highest BCUT2D eigenvalue weighted by Crippen LogP contribution is 2.18. The van der Waals surface area contributed by atoms with E-state index in [-0.39, 0.29) is 6.61 Å². The maximum atomic E-state index is 8.98. The van der Waals surface area contributed by atoms with Crippen molar-refractivity contribution in [3.63, 3.8) is 0 Å². The third-order valence-corrected chi connectivity index (χ3v) is 2.09. The monoisotopic (exact) mass is 242 g/mol. The van der Waals surface area contributed by atoms with E-state index in [0.29, 0.717) is 5.56 Å². The van der Waals surface area contributed by atoms with Gasteiger partial charge in [-0.05, 0) is 11.1 Å². The summed E-state index contributed by atoms with van der Waals surface area (Å²) < 4.78 is 4.39. The number of benzene rings is 1. The Morgan fingerprint density at radius 1 is 1.06 bits per heavy atom. The lowest BCUT2D eigenvalue weighted by atomic mass is 10.1. The van der Waals surface area contributed by atoms with Crippen LogP contribution >= 0.6 is 0 Å². The van der Waals surface area contributed by atoms with Gasteiger partial charge >= 0.3 is 11.9 Å². The van der Waals surface area contributed by atoms with E-state index in [9.17, 15) is 0 Å². The molecule has 0 unspecified atom stereocenters. The molecular weight excluding hydrogens is 228 g/mol. The average Bonchev–Trinajstić information content (AvgIpc) is 2.25. The van der Waals surface area contributed by atoms with Gasteiger partial charge in [-0.15, -0.1) is 0 Å². The van der Waals surface area contributed by atoms with E-state index >= 15 is 0 Å². The minimum atomic E-state index is -3.76. The van der Waals surface area contributed by atoms with Crippen LogP contribution in [-0.2, 0) is 11.3 Å². The molecule has 94 valence electrons. The van der Waals surface area contributed by atoms with Crippen molar-refractivity contribution in [3.8, 4) is 0 Å². The van der Waals surface area contributed by atoms with Gasteiger partial charge in [-0.2, -0.15) is 0 Å². The Labute approximate surface area is 97.7 Å². The second-order valence-electron chi connectivity index (χ2n) is 3.48. The molecule has 1 rings (SSSR count). The summed E-state index contributed by atoms with van der Waals surface area (Å²) in [5.74, 6) is -7.22. The number of aliphatic hydroxyl groups is 5. The molecule has 0 amide bonds. The largest absolute Gasteiger partial charge is 0.365 e. The van der Waals surface area contributed by atoms with E-state index in [4.69, 9.17) is 25.5 Å². The molecule has 1 aromatic carbocycles.